The molecule has 4 aliphatic rings. The van der Waals surface area contributed by atoms with Crippen LogP contribution >= 0.6 is 0 Å². The number of hydrogen-bond donors (Lipinski definition) is 0. The highest BCUT2D eigenvalue weighted by Gasteiger charge is 2.63. The highest BCUT2D eigenvalue weighted by Crippen LogP contribution is 2.68. The molecular formula is C28H48O2Si. The first-order valence-electron chi connectivity index (χ1n) is 13.2. The largest absolute Gasteiger partial charge is 0.413 e. The summed E-state index contributed by atoms with van der Waals surface area (Å²) in [5, 5.41) is 0.167. The van der Waals surface area contributed by atoms with E-state index in [0.717, 1.165) is 24.2 Å². The first-order valence-corrected chi connectivity index (χ1v) is 16.1. The predicted octanol–water partition coefficient (Wildman–Crippen LogP) is 7.79. The van der Waals surface area contributed by atoms with E-state index in [-0.39, 0.29) is 16.6 Å². The van der Waals surface area contributed by atoms with Crippen molar-refractivity contribution in [2.75, 3.05) is 0 Å². The van der Waals surface area contributed by atoms with Gasteiger partial charge in [0.25, 0.3) is 0 Å². The molecule has 2 nitrogen and oxygen atoms in total. The average molecular weight is 445 g/mol. The van der Waals surface area contributed by atoms with E-state index in [4.69, 9.17) is 4.43 Å². The van der Waals surface area contributed by atoms with Crippen LogP contribution in [0.4, 0.5) is 0 Å². The van der Waals surface area contributed by atoms with Crippen LogP contribution in [0.25, 0.3) is 0 Å². The molecule has 0 amide bonds. The lowest BCUT2D eigenvalue weighted by atomic mass is 9.44. The molecule has 3 fully saturated rings. The summed E-state index contributed by atoms with van der Waals surface area (Å²) in [5.41, 5.74) is 1.99. The summed E-state index contributed by atoms with van der Waals surface area (Å²) in [7, 11) is -1.96. The van der Waals surface area contributed by atoms with Crippen molar-refractivity contribution in [1.29, 1.82) is 0 Å². The second-order valence-electron chi connectivity index (χ2n) is 13.7. The Labute approximate surface area is 193 Å². The molecule has 4 rings (SSSR count). The van der Waals surface area contributed by atoms with E-state index in [1.807, 2.05) is 0 Å². The smallest absolute Gasteiger partial charge is 0.192 e. The van der Waals surface area contributed by atoms with Crippen molar-refractivity contribution in [3.8, 4) is 0 Å². The molecule has 0 heterocycles. The lowest BCUT2D eigenvalue weighted by Crippen LogP contribution is -2.60. The Hall–Kier alpha value is -0.413. The first-order chi connectivity index (χ1) is 14.3. The van der Waals surface area contributed by atoms with Gasteiger partial charge in [0.1, 0.15) is 0 Å². The molecule has 0 aliphatic heterocycles. The normalized spacial score (nSPS) is 45.6. The second-order valence-corrected chi connectivity index (χ2v) is 18.4. The van der Waals surface area contributed by atoms with Crippen LogP contribution in [0.15, 0.2) is 11.6 Å². The van der Waals surface area contributed by atoms with Gasteiger partial charge in [-0.3, -0.25) is 4.79 Å². The molecule has 176 valence electrons. The zero-order chi connectivity index (χ0) is 23.0. The molecule has 3 heteroatoms. The van der Waals surface area contributed by atoms with Gasteiger partial charge in [0.05, 0.1) is 6.10 Å². The molecule has 31 heavy (non-hydrogen) atoms. The molecule has 0 radical (unpaired) electrons. The van der Waals surface area contributed by atoms with E-state index in [2.05, 4.69) is 67.6 Å². The maximum Gasteiger partial charge on any atom is 0.192 e. The van der Waals surface area contributed by atoms with E-state index in [0.29, 0.717) is 29.5 Å². The van der Waals surface area contributed by atoms with E-state index in [9.17, 15) is 4.79 Å². The minimum absolute atomic E-state index is 0.0340. The van der Waals surface area contributed by atoms with Crippen LogP contribution in [0.2, 0.25) is 18.1 Å². The predicted molar refractivity (Wildman–Crippen MR) is 132 cm³/mol. The Kier molecular flexibility index (Phi) is 5.78. The van der Waals surface area contributed by atoms with Crippen LogP contribution in [0.5, 0.6) is 0 Å². The lowest BCUT2D eigenvalue weighted by molar-refractivity contribution is -0.130. The molecule has 4 aliphatic carbocycles. The van der Waals surface area contributed by atoms with Crippen molar-refractivity contribution in [2.24, 2.45) is 40.4 Å². The van der Waals surface area contributed by atoms with Gasteiger partial charge in [0, 0.05) is 11.8 Å². The van der Waals surface area contributed by atoms with E-state index in [1.54, 1.807) is 0 Å². The fourth-order valence-electron chi connectivity index (χ4n) is 8.41. The topological polar surface area (TPSA) is 26.3 Å². The van der Waals surface area contributed by atoms with Crippen LogP contribution in [0.1, 0.15) is 93.4 Å². The molecule has 0 aromatic carbocycles. The van der Waals surface area contributed by atoms with Gasteiger partial charge >= 0.3 is 0 Å². The fourth-order valence-corrected chi connectivity index (χ4v) is 9.81. The van der Waals surface area contributed by atoms with Crippen LogP contribution in [0.3, 0.4) is 0 Å². The summed E-state index contributed by atoms with van der Waals surface area (Å²) in [4.78, 5) is 12.8. The van der Waals surface area contributed by atoms with E-state index >= 15 is 0 Å². The number of ketones is 1. The summed E-state index contributed by atoms with van der Waals surface area (Å²) in [5.74, 6) is 4.20. The molecule has 0 aromatic heterocycles. The average Bonchev–Trinajstić information content (AvgIpc) is 2.99. The van der Waals surface area contributed by atoms with Crippen molar-refractivity contribution < 1.29 is 9.22 Å². The van der Waals surface area contributed by atoms with Crippen LogP contribution in [0, 0.1) is 40.4 Å². The molecule has 1 unspecified atom stereocenters. The highest BCUT2D eigenvalue weighted by atomic mass is 28.4. The number of hydrogen-bond acceptors (Lipinski definition) is 2. The molecule has 0 saturated heterocycles. The highest BCUT2D eigenvalue weighted by molar-refractivity contribution is 6.74. The summed E-state index contributed by atoms with van der Waals surface area (Å²) in [6.07, 6.45) is 10.7. The van der Waals surface area contributed by atoms with Crippen LogP contribution in [-0.4, -0.2) is 20.2 Å². The van der Waals surface area contributed by atoms with Crippen molar-refractivity contribution in [3.05, 3.63) is 11.6 Å². The minimum Gasteiger partial charge on any atom is -0.413 e. The summed E-state index contributed by atoms with van der Waals surface area (Å²) < 4.78 is 7.13. The van der Waals surface area contributed by atoms with E-state index in [1.165, 1.54) is 37.7 Å². The molecule has 3 saturated carbocycles. The van der Waals surface area contributed by atoms with Crippen molar-refractivity contribution in [2.45, 2.75) is 118 Å². The van der Waals surface area contributed by atoms with Crippen LogP contribution in [-0.2, 0) is 9.22 Å². The number of carbonyl (C=O) groups is 1. The van der Waals surface area contributed by atoms with Gasteiger partial charge in [-0.1, -0.05) is 60.5 Å². The quantitative estimate of drug-likeness (QED) is 0.415. The van der Waals surface area contributed by atoms with Gasteiger partial charge in [-0.25, -0.2) is 0 Å². The fraction of sp³-hybridized carbons (Fsp3) is 0.893. The summed E-state index contributed by atoms with van der Waals surface area (Å²) >= 11 is 0. The molecule has 0 aromatic rings. The van der Waals surface area contributed by atoms with Crippen molar-refractivity contribution in [3.63, 3.8) is 0 Å². The third kappa shape index (κ3) is 3.47. The Morgan fingerprint density at radius 3 is 2.39 bits per heavy atom. The molecular weight excluding hydrogens is 396 g/mol. The third-order valence-corrected chi connectivity index (χ3v) is 15.8. The zero-order valence-electron chi connectivity index (χ0n) is 21.8. The van der Waals surface area contributed by atoms with Gasteiger partial charge in [0.15, 0.2) is 14.1 Å². The number of carbonyl (C=O) groups excluding carboxylic acids is 1. The Morgan fingerprint density at radius 2 is 1.77 bits per heavy atom. The lowest BCUT2D eigenvalue weighted by Gasteiger charge is -2.62. The SMILES string of the molecule is CC[C@H]1CC[C@H]2[C@@H]3[C@@H](C)CC4=CC(=O)CC(O[Si](C)(C)C(C)(C)C)[C@]4(C)[C@H]3CC[C@]12C. The standard InChI is InChI=1S/C28H48O2Si/c1-10-19-11-12-22-25-18(2)15-20-16-21(29)17-24(30-31(8,9)26(3,4)5)28(20,7)23(25)13-14-27(19,22)6/h16,18-19,22-25H,10-15,17H2,1-9H3/t18-,19-,22-,23-,24?,25-,27+,28-/m0/s1. The van der Waals surface area contributed by atoms with Gasteiger partial charge in [-0.2, -0.15) is 0 Å². The van der Waals surface area contributed by atoms with Crippen LogP contribution < -0.4 is 0 Å². The van der Waals surface area contributed by atoms with Crippen molar-refractivity contribution >= 4 is 14.1 Å². The van der Waals surface area contributed by atoms with Crippen molar-refractivity contribution in [1.82, 2.24) is 0 Å². The van der Waals surface area contributed by atoms with Gasteiger partial charge < -0.3 is 4.43 Å². The second kappa shape index (κ2) is 7.55. The molecule has 0 N–H and O–H groups in total. The Morgan fingerprint density at radius 1 is 1.10 bits per heavy atom. The number of rotatable bonds is 3. The first kappa shape index (κ1) is 23.7. The molecule has 8 atom stereocenters. The zero-order valence-corrected chi connectivity index (χ0v) is 22.8. The monoisotopic (exact) mass is 444 g/mol. The Bertz CT molecular complexity index is 761. The van der Waals surface area contributed by atoms with Gasteiger partial charge in [0.2, 0.25) is 0 Å². The minimum atomic E-state index is -1.96. The molecule has 0 bridgehead atoms. The van der Waals surface area contributed by atoms with Gasteiger partial charge in [-0.05, 0) is 91.3 Å². The number of fused-ring (bicyclic) bond motifs is 5. The van der Waals surface area contributed by atoms with Gasteiger partial charge in [-0.15, -0.1) is 0 Å². The maximum atomic E-state index is 12.8. The summed E-state index contributed by atoms with van der Waals surface area (Å²) in [6.45, 7) is 21.7. The maximum absolute atomic E-state index is 12.8. The molecule has 0 spiro atoms. The van der Waals surface area contributed by atoms with E-state index < -0.39 is 8.32 Å². The summed E-state index contributed by atoms with van der Waals surface area (Å²) in [6, 6.07) is 0. The third-order valence-electron chi connectivity index (χ3n) is 11.3. The Balaban J connectivity index is 1.73.